The summed E-state index contributed by atoms with van der Waals surface area (Å²) < 4.78 is 13.8. The zero-order valence-electron chi connectivity index (χ0n) is 9.55. The molecular formula is C13H9BrCl2FNO. The van der Waals surface area contributed by atoms with Crippen LogP contribution in [-0.2, 0) is 6.54 Å². The Morgan fingerprint density at radius 3 is 2.63 bits per heavy atom. The topological polar surface area (TPSA) is 32.3 Å². The van der Waals surface area contributed by atoms with Crippen molar-refractivity contribution in [3.05, 3.63) is 56.2 Å². The van der Waals surface area contributed by atoms with Crippen molar-refractivity contribution in [2.45, 2.75) is 6.54 Å². The molecule has 0 unspecified atom stereocenters. The van der Waals surface area contributed by atoms with Crippen LogP contribution in [-0.4, -0.2) is 5.11 Å². The van der Waals surface area contributed by atoms with Crippen LogP contribution in [0.1, 0.15) is 5.56 Å². The number of phenols is 1. The van der Waals surface area contributed by atoms with E-state index in [4.69, 9.17) is 23.2 Å². The van der Waals surface area contributed by atoms with Gasteiger partial charge in [0.25, 0.3) is 0 Å². The van der Waals surface area contributed by atoms with E-state index in [1.54, 1.807) is 12.1 Å². The molecule has 0 saturated carbocycles. The van der Waals surface area contributed by atoms with Gasteiger partial charge in [0.1, 0.15) is 11.6 Å². The molecule has 0 radical (unpaired) electrons. The van der Waals surface area contributed by atoms with Gasteiger partial charge in [-0.25, -0.2) is 4.39 Å². The fraction of sp³-hybridized carbons (Fsp3) is 0.0769. The van der Waals surface area contributed by atoms with Crippen molar-refractivity contribution in [3.63, 3.8) is 0 Å². The molecule has 19 heavy (non-hydrogen) atoms. The van der Waals surface area contributed by atoms with E-state index in [1.807, 2.05) is 0 Å². The Bertz CT molecular complexity index is 622. The van der Waals surface area contributed by atoms with E-state index in [-0.39, 0.29) is 12.3 Å². The molecule has 0 aliphatic rings. The molecule has 100 valence electrons. The number of hydrogen-bond donors (Lipinski definition) is 2. The van der Waals surface area contributed by atoms with Crippen molar-refractivity contribution < 1.29 is 9.50 Å². The lowest BCUT2D eigenvalue weighted by Gasteiger charge is -2.11. The van der Waals surface area contributed by atoms with Gasteiger partial charge in [-0.1, -0.05) is 23.2 Å². The molecule has 0 aliphatic carbocycles. The van der Waals surface area contributed by atoms with E-state index < -0.39 is 5.82 Å². The highest BCUT2D eigenvalue weighted by atomic mass is 79.9. The number of benzene rings is 2. The van der Waals surface area contributed by atoms with E-state index in [9.17, 15) is 9.50 Å². The van der Waals surface area contributed by atoms with Gasteiger partial charge in [-0.15, -0.1) is 0 Å². The van der Waals surface area contributed by atoms with Crippen molar-refractivity contribution in [1.29, 1.82) is 0 Å². The van der Waals surface area contributed by atoms with Gasteiger partial charge in [0, 0.05) is 16.6 Å². The summed E-state index contributed by atoms with van der Waals surface area (Å²) >= 11 is 15.3. The van der Waals surface area contributed by atoms with Crippen LogP contribution >= 0.6 is 39.1 Å². The molecule has 0 spiro atoms. The molecule has 2 nitrogen and oxygen atoms in total. The monoisotopic (exact) mass is 363 g/mol. The lowest BCUT2D eigenvalue weighted by molar-refractivity contribution is 0.466. The van der Waals surface area contributed by atoms with Crippen LogP contribution in [0.4, 0.5) is 10.1 Å². The number of phenolic OH excluding ortho intramolecular Hbond substituents is 1. The quantitative estimate of drug-likeness (QED) is 0.732. The van der Waals surface area contributed by atoms with E-state index in [0.29, 0.717) is 25.8 Å². The van der Waals surface area contributed by atoms with Crippen molar-refractivity contribution in [2.24, 2.45) is 0 Å². The third kappa shape index (κ3) is 3.32. The third-order valence-electron chi connectivity index (χ3n) is 2.55. The molecule has 6 heteroatoms. The fourth-order valence-electron chi connectivity index (χ4n) is 1.55. The Morgan fingerprint density at radius 2 is 1.89 bits per heavy atom. The van der Waals surface area contributed by atoms with Crippen LogP contribution in [0.3, 0.4) is 0 Å². The second kappa shape index (κ2) is 5.99. The Hall–Kier alpha value is -0.970. The van der Waals surface area contributed by atoms with Gasteiger partial charge < -0.3 is 10.4 Å². The summed E-state index contributed by atoms with van der Waals surface area (Å²) in [7, 11) is 0. The van der Waals surface area contributed by atoms with E-state index in [2.05, 4.69) is 21.2 Å². The van der Waals surface area contributed by atoms with Crippen LogP contribution < -0.4 is 5.32 Å². The van der Waals surface area contributed by atoms with Gasteiger partial charge in [0.15, 0.2) is 0 Å². The van der Waals surface area contributed by atoms with Gasteiger partial charge >= 0.3 is 0 Å². The van der Waals surface area contributed by atoms with Crippen LogP contribution in [0.5, 0.6) is 5.75 Å². The Morgan fingerprint density at radius 1 is 1.16 bits per heavy atom. The molecule has 0 heterocycles. The van der Waals surface area contributed by atoms with Gasteiger partial charge in [-0.05, 0) is 46.3 Å². The third-order valence-corrected chi connectivity index (χ3v) is 4.32. The lowest BCUT2D eigenvalue weighted by Crippen LogP contribution is -2.01. The second-order valence-electron chi connectivity index (χ2n) is 3.85. The predicted octanol–water partition coefficient (Wildman–Crippen LogP) is 5.21. The van der Waals surface area contributed by atoms with Crippen molar-refractivity contribution >= 4 is 44.8 Å². The van der Waals surface area contributed by atoms with Crippen LogP contribution in [0, 0.1) is 5.82 Å². The number of aromatic hydroxyl groups is 1. The van der Waals surface area contributed by atoms with Crippen molar-refractivity contribution in [3.8, 4) is 5.75 Å². The Kier molecular flexibility index (Phi) is 4.55. The molecule has 0 aliphatic heterocycles. The predicted molar refractivity (Wildman–Crippen MR) is 79.6 cm³/mol. The summed E-state index contributed by atoms with van der Waals surface area (Å²) in [6.45, 7) is 0.237. The number of anilines is 1. The summed E-state index contributed by atoms with van der Waals surface area (Å²) in [6, 6.07) is 7.26. The van der Waals surface area contributed by atoms with Gasteiger partial charge in [-0.2, -0.15) is 0 Å². The average molecular weight is 365 g/mol. The number of hydrogen-bond acceptors (Lipinski definition) is 2. The van der Waals surface area contributed by atoms with Crippen LogP contribution in [0.25, 0.3) is 0 Å². The minimum Gasteiger partial charge on any atom is -0.508 e. The summed E-state index contributed by atoms with van der Waals surface area (Å²) in [5, 5.41) is 13.4. The van der Waals surface area contributed by atoms with E-state index in [0.717, 1.165) is 0 Å². The Labute approximate surface area is 128 Å². The zero-order chi connectivity index (χ0) is 14.0. The standard InChI is InChI=1S/C13H9BrCl2FNO/c14-9-2-3-10(13(16)12(9)15)18-6-7-5-8(17)1-4-11(7)19/h1-5,18-19H,6H2. The lowest BCUT2D eigenvalue weighted by atomic mass is 10.2. The van der Waals surface area contributed by atoms with E-state index >= 15 is 0 Å². The molecule has 2 aromatic rings. The SMILES string of the molecule is Oc1ccc(F)cc1CNc1ccc(Br)c(Cl)c1Cl. The summed E-state index contributed by atoms with van der Waals surface area (Å²) in [4.78, 5) is 0. The summed E-state index contributed by atoms with van der Waals surface area (Å²) in [5.74, 6) is -0.386. The smallest absolute Gasteiger partial charge is 0.123 e. The normalized spacial score (nSPS) is 10.5. The number of nitrogens with one attached hydrogen (secondary N) is 1. The number of halogens is 4. The first-order chi connectivity index (χ1) is 8.99. The first-order valence-electron chi connectivity index (χ1n) is 5.34. The maximum Gasteiger partial charge on any atom is 0.123 e. The number of rotatable bonds is 3. The fourth-order valence-corrected chi connectivity index (χ4v) is 2.39. The van der Waals surface area contributed by atoms with Crippen molar-refractivity contribution in [1.82, 2.24) is 0 Å². The largest absolute Gasteiger partial charge is 0.508 e. The minimum atomic E-state index is -0.408. The van der Waals surface area contributed by atoms with Gasteiger partial charge in [0.05, 0.1) is 15.7 Å². The molecule has 0 aromatic heterocycles. The highest BCUT2D eigenvalue weighted by Gasteiger charge is 2.09. The second-order valence-corrected chi connectivity index (χ2v) is 5.46. The summed E-state index contributed by atoms with van der Waals surface area (Å²) in [5.41, 5.74) is 1.05. The molecule has 0 saturated heterocycles. The molecule has 0 bridgehead atoms. The molecule has 2 N–H and O–H groups in total. The molecular weight excluding hydrogens is 356 g/mol. The van der Waals surface area contributed by atoms with Crippen LogP contribution in [0.15, 0.2) is 34.8 Å². The molecule has 0 amide bonds. The van der Waals surface area contributed by atoms with Gasteiger partial charge in [0.2, 0.25) is 0 Å². The summed E-state index contributed by atoms with van der Waals surface area (Å²) in [6.07, 6.45) is 0. The first-order valence-corrected chi connectivity index (χ1v) is 6.88. The van der Waals surface area contributed by atoms with Crippen molar-refractivity contribution in [2.75, 3.05) is 5.32 Å². The maximum absolute atomic E-state index is 13.1. The van der Waals surface area contributed by atoms with Gasteiger partial charge in [-0.3, -0.25) is 0 Å². The Balaban J connectivity index is 2.19. The zero-order valence-corrected chi connectivity index (χ0v) is 12.7. The highest BCUT2D eigenvalue weighted by molar-refractivity contribution is 9.10. The maximum atomic E-state index is 13.1. The minimum absolute atomic E-state index is 0.0215. The highest BCUT2D eigenvalue weighted by Crippen LogP contribution is 2.36. The average Bonchev–Trinajstić information content (AvgIpc) is 2.39. The molecule has 2 rings (SSSR count). The molecule has 0 fully saturated rings. The van der Waals surface area contributed by atoms with E-state index in [1.165, 1.54) is 18.2 Å². The first kappa shape index (κ1) is 14.4. The van der Waals surface area contributed by atoms with Crippen LogP contribution in [0.2, 0.25) is 10.0 Å². The molecule has 2 aromatic carbocycles. The molecule has 0 atom stereocenters.